The maximum Gasteiger partial charge on any atom is 0.270 e. The van der Waals surface area contributed by atoms with Crippen LogP contribution >= 0.6 is 63.1 Å². The minimum absolute atomic E-state index is 0.182. The number of anilines is 1. The lowest BCUT2D eigenvalue weighted by atomic mass is 10.2. The van der Waals surface area contributed by atoms with Crippen molar-refractivity contribution in [3.8, 4) is 0 Å². The van der Waals surface area contributed by atoms with Crippen LogP contribution in [0.3, 0.4) is 0 Å². The summed E-state index contributed by atoms with van der Waals surface area (Å²) in [6.45, 7) is 0. The summed E-state index contributed by atoms with van der Waals surface area (Å²) in [5.74, 6) is -0.182. The highest BCUT2D eigenvalue weighted by molar-refractivity contribution is 9.10. The van der Waals surface area contributed by atoms with Gasteiger partial charge in [0.1, 0.15) is 0 Å². The van der Waals surface area contributed by atoms with Crippen molar-refractivity contribution in [2.45, 2.75) is 0 Å². The van der Waals surface area contributed by atoms with Gasteiger partial charge in [0.2, 0.25) is 0 Å². The van der Waals surface area contributed by atoms with Gasteiger partial charge in [-0.25, -0.2) is 0 Å². The Balaban J connectivity index is 1.98. The second kappa shape index (κ2) is 6.95. The Morgan fingerprint density at radius 2 is 1.70 bits per heavy atom. The molecule has 116 valence electrons. The minimum Gasteiger partial charge on any atom is -0.268 e. The van der Waals surface area contributed by atoms with Gasteiger partial charge in [0.05, 0.1) is 10.6 Å². The van der Waals surface area contributed by atoms with Crippen LogP contribution in [0.2, 0.25) is 10.0 Å². The first-order chi connectivity index (χ1) is 11.0. The molecule has 0 radical (unpaired) electrons. The number of rotatable bonds is 2. The van der Waals surface area contributed by atoms with Crippen molar-refractivity contribution in [2.24, 2.45) is 0 Å². The number of amides is 1. The molecule has 1 aliphatic rings. The first kappa shape index (κ1) is 17.0. The lowest BCUT2D eigenvalue weighted by Crippen LogP contribution is -2.27. The molecule has 1 heterocycles. The largest absolute Gasteiger partial charge is 0.270 e. The number of benzene rings is 2. The SMILES string of the molecule is O=C1/C(=C/c2c(Cl)cccc2Cl)SC(=S)N1c1ccc(Br)cc1. The summed E-state index contributed by atoms with van der Waals surface area (Å²) in [7, 11) is 0. The number of carbonyl (C=O) groups is 1. The molecule has 3 rings (SSSR count). The first-order valence-electron chi connectivity index (χ1n) is 6.45. The molecule has 0 saturated carbocycles. The maximum atomic E-state index is 12.7. The van der Waals surface area contributed by atoms with E-state index in [4.69, 9.17) is 35.4 Å². The van der Waals surface area contributed by atoms with Crippen LogP contribution in [0.25, 0.3) is 6.08 Å². The number of hydrogen-bond acceptors (Lipinski definition) is 3. The second-order valence-corrected chi connectivity index (χ2v) is 8.03. The van der Waals surface area contributed by atoms with Crippen molar-refractivity contribution in [1.82, 2.24) is 0 Å². The van der Waals surface area contributed by atoms with Gasteiger partial charge < -0.3 is 0 Å². The number of hydrogen-bond donors (Lipinski definition) is 0. The van der Waals surface area contributed by atoms with Crippen molar-refractivity contribution >= 4 is 85.1 Å². The molecule has 2 nitrogen and oxygen atoms in total. The van der Waals surface area contributed by atoms with Crippen LogP contribution in [0.4, 0.5) is 5.69 Å². The molecule has 0 atom stereocenters. The molecule has 0 aliphatic carbocycles. The summed E-state index contributed by atoms with van der Waals surface area (Å²) in [5, 5.41) is 0.984. The van der Waals surface area contributed by atoms with Crippen LogP contribution in [0.5, 0.6) is 0 Å². The van der Waals surface area contributed by atoms with Crippen LogP contribution in [-0.2, 0) is 4.79 Å². The summed E-state index contributed by atoms with van der Waals surface area (Å²) in [5.41, 5.74) is 1.34. The van der Waals surface area contributed by atoms with E-state index in [1.54, 1.807) is 24.3 Å². The average molecular weight is 445 g/mol. The molecular formula is C16H8BrCl2NOS2. The average Bonchev–Trinajstić information content (AvgIpc) is 2.79. The quantitative estimate of drug-likeness (QED) is 0.408. The van der Waals surface area contributed by atoms with Crippen LogP contribution < -0.4 is 4.90 Å². The summed E-state index contributed by atoms with van der Waals surface area (Å²) in [4.78, 5) is 14.7. The van der Waals surface area contributed by atoms with E-state index in [-0.39, 0.29) is 5.91 Å². The fourth-order valence-corrected chi connectivity index (χ4v) is 4.11. The van der Waals surface area contributed by atoms with E-state index >= 15 is 0 Å². The van der Waals surface area contributed by atoms with E-state index in [2.05, 4.69) is 15.9 Å². The third-order valence-electron chi connectivity index (χ3n) is 3.15. The van der Waals surface area contributed by atoms with Crippen molar-refractivity contribution in [3.63, 3.8) is 0 Å². The Morgan fingerprint density at radius 1 is 1.09 bits per heavy atom. The summed E-state index contributed by atoms with van der Waals surface area (Å²) in [6, 6.07) is 12.6. The van der Waals surface area contributed by atoms with Gasteiger partial charge in [0.25, 0.3) is 5.91 Å². The van der Waals surface area contributed by atoms with Crippen molar-refractivity contribution in [2.75, 3.05) is 4.90 Å². The summed E-state index contributed by atoms with van der Waals surface area (Å²) in [6.07, 6.45) is 1.68. The zero-order valence-corrected chi connectivity index (χ0v) is 16.2. The van der Waals surface area contributed by atoms with Crippen LogP contribution in [0, 0.1) is 0 Å². The third kappa shape index (κ3) is 3.49. The van der Waals surface area contributed by atoms with Crippen molar-refractivity contribution in [1.29, 1.82) is 0 Å². The highest BCUT2D eigenvalue weighted by Gasteiger charge is 2.33. The summed E-state index contributed by atoms with van der Waals surface area (Å²) < 4.78 is 1.41. The molecular weight excluding hydrogens is 437 g/mol. The number of halogens is 3. The van der Waals surface area contributed by atoms with E-state index in [0.717, 1.165) is 10.2 Å². The van der Waals surface area contributed by atoms with Gasteiger partial charge in [0, 0.05) is 20.1 Å². The van der Waals surface area contributed by atoms with Gasteiger partial charge in [0.15, 0.2) is 4.32 Å². The molecule has 7 heteroatoms. The Kier molecular flexibility index (Phi) is 5.13. The Labute approximate surface area is 161 Å². The van der Waals surface area contributed by atoms with Gasteiger partial charge in [-0.05, 0) is 42.5 Å². The predicted molar refractivity (Wildman–Crippen MR) is 106 cm³/mol. The lowest BCUT2D eigenvalue weighted by Gasteiger charge is -2.14. The number of thioether (sulfide) groups is 1. The molecule has 1 saturated heterocycles. The zero-order chi connectivity index (χ0) is 16.6. The Morgan fingerprint density at radius 3 is 2.30 bits per heavy atom. The molecule has 0 aromatic heterocycles. The number of nitrogens with zero attached hydrogens (tertiary/aromatic N) is 1. The van der Waals surface area contributed by atoms with Crippen molar-refractivity contribution in [3.05, 3.63) is 67.5 Å². The van der Waals surface area contributed by atoms with E-state index in [1.807, 2.05) is 24.3 Å². The topological polar surface area (TPSA) is 20.3 Å². The molecule has 1 aliphatic heterocycles. The van der Waals surface area contributed by atoms with Crippen LogP contribution in [-0.4, -0.2) is 10.2 Å². The molecule has 1 fully saturated rings. The highest BCUT2D eigenvalue weighted by atomic mass is 79.9. The summed E-state index contributed by atoms with van der Waals surface area (Å²) >= 11 is 22.3. The normalized spacial score (nSPS) is 16.5. The van der Waals surface area contributed by atoms with Gasteiger partial charge in [-0.15, -0.1) is 0 Å². The predicted octanol–water partition coefficient (Wildman–Crippen LogP) is 6.16. The van der Waals surface area contributed by atoms with E-state index in [0.29, 0.717) is 24.8 Å². The first-order valence-corrected chi connectivity index (χ1v) is 9.22. The fraction of sp³-hybridized carbons (Fsp3) is 0. The smallest absolute Gasteiger partial charge is 0.268 e. The molecule has 1 amide bonds. The monoisotopic (exact) mass is 443 g/mol. The molecule has 0 unspecified atom stereocenters. The van der Waals surface area contributed by atoms with Crippen LogP contribution in [0.1, 0.15) is 5.56 Å². The second-order valence-electron chi connectivity index (χ2n) is 4.63. The van der Waals surface area contributed by atoms with Crippen molar-refractivity contribution < 1.29 is 4.79 Å². The van der Waals surface area contributed by atoms with Gasteiger partial charge >= 0.3 is 0 Å². The van der Waals surface area contributed by atoms with E-state index in [1.165, 1.54) is 16.7 Å². The van der Waals surface area contributed by atoms with Gasteiger partial charge in [-0.3, -0.25) is 9.69 Å². The molecule has 0 bridgehead atoms. The standard InChI is InChI=1S/C16H8BrCl2NOS2/c17-9-4-6-10(7-5-9)20-15(21)14(23-16(20)22)8-11-12(18)2-1-3-13(11)19/h1-8H/b14-8-. The van der Waals surface area contributed by atoms with Gasteiger partial charge in [-0.2, -0.15) is 0 Å². The maximum absolute atomic E-state index is 12.7. The number of carbonyl (C=O) groups excluding carboxylic acids is 1. The molecule has 2 aromatic rings. The fourth-order valence-electron chi connectivity index (χ4n) is 2.06. The van der Waals surface area contributed by atoms with E-state index in [9.17, 15) is 4.79 Å². The Bertz CT molecular complexity index is 816. The lowest BCUT2D eigenvalue weighted by molar-refractivity contribution is -0.113. The third-order valence-corrected chi connectivity index (χ3v) is 5.64. The molecule has 0 spiro atoms. The molecule has 0 N–H and O–H groups in total. The van der Waals surface area contributed by atoms with Crippen LogP contribution in [0.15, 0.2) is 51.8 Å². The number of thiocarbonyl (C=S) groups is 1. The van der Waals surface area contributed by atoms with E-state index < -0.39 is 0 Å². The molecule has 2 aromatic carbocycles. The minimum atomic E-state index is -0.182. The molecule has 23 heavy (non-hydrogen) atoms. The zero-order valence-electron chi connectivity index (χ0n) is 11.4. The Hall–Kier alpha value is -0.850. The van der Waals surface area contributed by atoms with Gasteiger partial charge in [-0.1, -0.05) is 69.2 Å². The highest BCUT2D eigenvalue weighted by Crippen LogP contribution is 2.38.